The van der Waals surface area contributed by atoms with Gasteiger partial charge in [-0.15, -0.1) is 0 Å². The minimum atomic E-state index is -6.47. The lowest BCUT2D eigenvalue weighted by molar-refractivity contribution is -0.344. The molecule has 16 heavy (non-hydrogen) atoms. The molecular formula is C7H6F7NO. The zero-order valence-electron chi connectivity index (χ0n) is 7.71. The van der Waals surface area contributed by atoms with Gasteiger partial charge < -0.3 is 5.73 Å². The average molecular weight is 253 g/mol. The Morgan fingerprint density at radius 3 is 1.69 bits per heavy atom. The summed E-state index contributed by atoms with van der Waals surface area (Å²) in [5, 5.41) is 0. The SMILES string of the molecule is CC(=O)/C=C(\N)C(F)(F)C(F)(F)C(F)(F)F. The highest BCUT2D eigenvalue weighted by atomic mass is 19.4. The van der Waals surface area contributed by atoms with Crippen LogP contribution in [0.15, 0.2) is 11.8 Å². The molecule has 0 atom stereocenters. The molecule has 0 rings (SSSR count). The normalized spacial score (nSPS) is 15.1. The second-order valence-electron chi connectivity index (χ2n) is 2.86. The fourth-order valence-electron chi connectivity index (χ4n) is 0.669. The maximum atomic E-state index is 12.6. The predicted octanol–water partition coefficient (Wildman–Crippen LogP) is 2.25. The molecule has 0 aliphatic carbocycles. The molecule has 0 heterocycles. The zero-order chi connectivity index (χ0) is 13.4. The molecule has 0 aromatic carbocycles. The average Bonchev–Trinajstić information content (AvgIpc) is 2.00. The van der Waals surface area contributed by atoms with Crippen LogP contribution in [0.25, 0.3) is 0 Å². The number of halogens is 7. The van der Waals surface area contributed by atoms with E-state index in [2.05, 4.69) is 5.73 Å². The summed E-state index contributed by atoms with van der Waals surface area (Å²) in [6.07, 6.45) is -6.65. The van der Waals surface area contributed by atoms with Gasteiger partial charge in [0.2, 0.25) is 0 Å². The van der Waals surface area contributed by atoms with Crippen LogP contribution in [0, 0.1) is 0 Å². The third kappa shape index (κ3) is 2.45. The number of hydrogen-bond acceptors (Lipinski definition) is 2. The minimum Gasteiger partial charge on any atom is -0.397 e. The first-order valence-electron chi connectivity index (χ1n) is 3.64. The quantitative estimate of drug-likeness (QED) is 0.619. The number of ketones is 1. The van der Waals surface area contributed by atoms with E-state index in [9.17, 15) is 35.5 Å². The van der Waals surface area contributed by atoms with Gasteiger partial charge in [-0.25, -0.2) is 0 Å². The molecule has 0 radical (unpaired) electrons. The Labute approximate surface area is 84.9 Å². The van der Waals surface area contributed by atoms with E-state index in [0.717, 1.165) is 0 Å². The van der Waals surface area contributed by atoms with Crippen molar-refractivity contribution < 1.29 is 35.5 Å². The summed E-state index contributed by atoms with van der Waals surface area (Å²) < 4.78 is 84.8. The molecule has 0 spiro atoms. The Balaban J connectivity index is 5.44. The molecular weight excluding hydrogens is 247 g/mol. The van der Waals surface area contributed by atoms with Gasteiger partial charge in [-0.3, -0.25) is 4.79 Å². The smallest absolute Gasteiger partial charge is 0.397 e. The van der Waals surface area contributed by atoms with Crippen molar-refractivity contribution in [2.24, 2.45) is 5.73 Å². The third-order valence-electron chi connectivity index (χ3n) is 1.47. The van der Waals surface area contributed by atoms with Gasteiger partial charge in [0.25, 0.3) is 0 Å². The van der Waals surface area contributed by atoms with Crippen molar-refractivity contribution in [3.63, 3.8) is 0 Å². The molecule has 0 amide bonds. The largest absolute Gasteiger partial charge is 0.460 e. The summed E-state index contributed by atoms with van der Waals surface area (Å²) in [6.45, 7) is 0.675. The molecule has 94 valence electrons. The lowest BCUT2D eigenvalue weighted by Crippen LogP contribution is -2.54. The number of carbonyl (C=O) groups excluding carboxylic acids is 1. The Kier molecular flexibility index (Phi) is 3.63. The molecule has 0 saturated heterocycles. The number of nitrogens with two attached hydrogens (primary N) is 1. The highest BCUT2D eigenvalue weighted by Crippen LogP contribution is 2.48. The van der Waals surface area contributed by atoms with Crippen molar-refractivity contribution in [1.29, 1.82) is 0 Å². The fourth-order valence-corrected chi connectivity index (χ4v) is 0.669. The van der Waals surface area contributed by atoms with E-state index in [-0.39, 0.29) is 6.08 Å². The van der Waals surface area contributed by atoms with Crippen molar-refractivity contribution >= 4 is 5.78 Å². The van der Waals surface area contributed by atoms with Gasteiger partial charge in [-0.2, -0.15) is 30.7 Å². The predicted molar refractivity (Wildman–Crippen MR) is 38.9 cm³/mol. The number of rotatable bonds is 3. The number of hydrogen-bond donors (Lipinski definition) is 1. The molecule has 0 bridgehead atoms. The van der Waals surface area contributed by atoms with E-state index < -0.39 is 29.5 Å². The molecule has 0 aliphatic rings. The van der Waals surface area contributed by atoms with Gasteiger partial charge >= 0.3 is 18.0 Å². The van der Waals surface area contributed by atoms with Crippen LogP contribution in [0.5, 0.6) is 0 Å². The van der Waals surface area contributed by atoms with Gasteiger partial charge in [0.15, 0.2) is 5.78 Å². The van der Waals surface area contributed by atoms with Crippen LogP contribution in [0.1, 0.15) is 6.92 Å². The Morgan fingerprint density at radius 1 is 1.06 bits per heavy atom. The maximum absolute atomic E-state index is 12.6. The Morgan fingerprint density at radius 2 is 1.44 bits per heavy atom. The van der Waals surface area contributed by atoms with E-state index >= 15 is 0 Å². The second kappa shape index (κ2) is 3.95. The van der Waals surface area contributed by atoms with Crippen LogP contribution in [0.3, 0.4) is 0 Å². The first kappa shape index (κ1) is 14.7. The van der Waals surface area contributed by atoms with E-state index in [4.69, 9.17) is 0 Å². The van der Waals surface area contributed by atoms with Crippen molar-refractivity contribution in [3.8, 4) is 0 Å². The molecule has 9 heteroatoms. The van der Waals surface area contributed by atoms with Crippen LogP contribution in [0.4, 0.5) is 30.7 Å². The van der Waals surface area contributed by atoms with Crippen LogP contribution >= 0.6 is 0 Å². The van der Waals surface area contributed by atoms with Crippen molar-refractivity contribution in [1.82, 2.24) is 0 Å². The molecule has 0 fully saturated rings. The summed E-state index contributed by atoms with van der Waals surface area (Å²) in [7, 11) is 0. The van der Waals surface area contributed by atoms with Crippen LogP contribution in [-0.2, 0) is 4.79 Å². The van der Waals surface area contributed by atoms with Crippen LogP contribution < -0.4 is 5.73 Å². The highest BCUT2D eigenvalue weighted by molar-refractivity contribution is 5.88. The standard InChI is InChI=1S/C7H6F7NO/c1-3(16)2-4(15)5(8,9)6(10,11)7(12,13)14/h2H,15H2,1H3/b4-2-. The van der Waals surface area contributed by atoms with Crippen LogP contribution in [-0.4, -0.2) is 23.8 Å². The lowest BCUT2D eigenvalue weighted by Gasteiger charge is -2.28. The summed E-state index contributed by atoms with van der Waals surface area (Å²) >= 11 is 0. The van der Waals surface area contributed by atoms with Crippen molar-refractivity contribution in [2.45, 2.75) is 24.9 Å². The Hall–Kier alpha value is -1.28. The van der Waals surface area contributed by atoms with Gasteiger partial charge in [-0.1, -0.05) is 0 Å². The van der Waals surface area contributed by atoms with E-state index in [1.54, 1.807) is 0 Å². The molecule has 0 aliphatic heterocycles. The number of carbonyl (C=O) groups is 1. The summed E-state index contributed by atoms with van der Waals surface area (Å²) in [5.41, 5.74) is 2.21. The Bertz CT molecular complexity index is 317. The molecule has 0 aromatic heterocycles. The lowest BCUT2D eigenvalue weighted by atomic mass is 10.1. The molecule has 0 aromatic rings. The van der Waals surface area contributed by atoms with E-state index in [1.807, 2.05) is 0 Å². The van der Waals surface area contributed by atoms with Gasteiger partial charge in [0.05, 0.1) is 5.70 Å². The first-order chi connectivity index (χ1) is 6.84. The van der Waals surface area contributed by atoms with Crippen LogP contribution in [0.2, 0.25) is 0 Å². The summed E-state index contributed by atoms with van der Waals surface area (Å²) in [5.74, 6) is -13.2. The monoisotopic (exact) mass is 253 g/mol. The van der Waals surface area contributed by atoms with Gasteiger partial charge in [0, 0.05) is 6.08 Å². The third-order valence-corrected chi connectivity index (χ3v) is 1.47. The molecule has 0 unspecified atom stereocenters. The molecule has 0 saturated carbocycles. The van der Waals surface area contributed by atoms with Crippen molar-refractivity contribution in [2.75, 3.05) is 0 Å². The summed E-state index contributed by atoms with van der Waals surface area (Å²) in [6, 6.07) is 0. The topological polar surface area (TPSA) is 43.1 Å². The van der Waals surface area contributed by atoms with Gasteiger partial charge in [-0.05, 0) is 6.92 Å². The number of alkyl halides is 7. The van der Waals surface area contributed by atoms with Crippen molar-refractivity contribution in [3.05, 3.63) is 11.8 Å². The fraction of sp³-hybridized carbons (Fsp3) is 0.571. The summed E-state index contributed by atoms with van der Waals surface area (Å²) in [4.78, 5) is 10.3. The second-order valence-corrected chi connectivity index (χ2v) is 2.86. The van der Waals surface area contributed by atoms with E-state index in [0.29, 0.717) is 6.92 Å². The maximum Gasteiger partial charge on any atom is 0.460 e. The first-order valence-corrected chi connectivity index (χ1v) is 3.64. The number of allylic oxidation sites excluding steroid dienone is 2. The zero-order valence-corrected chi connectivity index (χ0v) is 7.71. The van der Waals surface area contributed by atoms with Gasteiger partial charge in [0.1, 0.15) is 0 Å². The molecule has 2 N–H and O–H groups in total. The minimum absolute atomic E-state index is 0.181. The van der Waals surface area contributed by atoms with E-state index in [1.165, 1.54) is 0 Å². The highest BCUT2D eigenvalue weighted by Gasteiger charge is 2.74. The molecule has 2 nitrogen and oxygen atoms in total.